The number of rotatable bonds is 6. The lowest BCUT2D eigenvalue weighted by atomic mass is 10.1. The topological polar surface area (TPSA) is 111 Å². The maximum absolute atomic E-state index is 12.8. The summed E-state index contributed by atoms with van der Waals surface area (Å²) in [6.07, 6.45) is 3.17. The number of carboxylic acid groups (broad SMARTS) is 1. The summed E-state index contributed by atoms with van der Waals surface area (Å²) >= 11 is 0. The van der Waals surface area contributed by atoms with Crippen LogP contribution in [0.5, 0.6) is 17.2 Å². The Balaban J connectivity index is 2.13. The molecule has 0 atom stereocenters. The molecule has 1 heterocycles. The molecule has 29 heavy (non-hydrogen) atoms. The van der Waals surface area contributed by atoms with Gasteiger partial charge >= 0.3 is 5.97 Å². The first-order valence-electron chi connectivity index (χ1n) is 8.80. The summed E-state index contributed by atoms with van der Waals surface area (Å²) in [6.45, 7) is 2.24. The van der Waals surface area contributed by atoms with E-state index in [9.17, 15) is 19.8 Å². The third-order valence-corrected chi connectivity index (χ3v) is 4.47. The Morgan fingerprint density at radius 2 is 1.79 bits per heavy atom. The minimum Gasteiger partial charge on any atom is -0.502 e. The number of aromatic carboxylic acids is 1. The van der Waals surface area contributed by atoms with Gasteiger partial charge in [0, 0.05) is 6.54 Å². The van der Waals surface area contributed by atoms with Crippen LogP contribution in [0.1, 0.15) is 28.5 Å². The molecule has 8 heteroatoms. The minimum absolute atomic E-state index is 0.0919. The summed E-state index contributed by atoms with van der Waals surface area (Å²) in [4.78, 5) is 28.4. The van der Waals surface area contributed by atoms with E-state index in [2.05, 4.69) is 4.98 Å². The van der Waals surface area contributed by atoms with Gasteiger partial charge in [0.25, 0.3) is 5.56 Å². The van der Waals surface area contributed by atoms with Crippen molar-refractivity contribution in [1.29, 1.82) is 0 Å². The zero-order valence-corrected chi connectivity index (χ0v) is 16.2. The van der Waals surface area contributed by atoms with Crippen LogP contribution in [0.4, 0.5) is 0 Å². The van der Waals surface area contributed by atoms with Gasteiger partial charge in [-0.15, -0.1) is 0 Å². The van der Waals surface area contributed by atoms with Gasteiger partial charge in [0.2, 0.25) is 5.75 Å². The summed E-state index contributed by atoms with van der Waals surface area (Å²) < 4.78 is 11.8. The average Bonchev–Trinajstić information content (AvgIpc) is 2.72. The van der Waals surface area contributed by atoms with Crippen molar-refractivity contribution in [3.63, 3.8) is 0 Å². The summed E-state index contributed by atoms with van der Waals surface area (Å²) in [5, 5.41) is 19.2. The van der Waals surface area contributed by atoms with Crippen molar-refractivity contribution in [2.75, 3.05) is 14.2 Å². The first-order valence-corrected chi connectivity index (χ1v) is 8.80. The summed E-state index contributed by atoms with van der Waals surface area (Å²) in [5.74, 6) is -0.728. The van der Waals surface area contributed by atoms with Crippen molar-refractivity contribution in [2.24, 2.45) is 0 Å². The van der Waals surface area contributed by atoms with Gasteiger partial charge in [-0.1, -0.05) is 6.08 Å². The number of phenols is 1. The van der Waals surface area contributed by atoms with Crippen LogP contribution in [-0.4, -0.2) is 40.0 Å². The number of methoxy groups -OCH3 is 2. The van der Waals surface area contributed by atoms with E-state index in [4.69, 9.17) is 9.47 Å². The van der Waals surface area contributed by atoms with E-state index >= 15 is 0 Å². The fraction of sp³-hybridized carbons (Fsp3) is 0.190. The molecule has 0 aliphatic carbocycles. The molecule has 0 saturated heterocycles. The SMILES string of the molecule is CCn1c(=O)c(/C=C/c2cc(OC)c(O)c(OC)c2)nc2cc(C(=O)O)ccc21. The van der Waals surface area contributed by atoms with Gasteiger partial charge in [0.05, 0.1) is 30.8 Å². The van der Waals surface area contributed by atoms with Gasteiger partial charge in [-0.05, 0) is 48.9 Å². The van der Waals surface area contributed by atoms with Crippen LogP contribution in [0.25, 0.3) is 23.2 Å². The van der Waals surface area contributed by atoms with Crippen molar-refractivity contribution >= 4 is 29.2 Å². The lowest BCUT2D eigenvalue weighted by Crippen LogP contribution is -2.23. The minimum atomic E-state index is -1.07. The highest BCUT2D eigenvalue weighted by atomic mass is 16.5. The van der Waals surface area contributed by atoms with Gasteiger partial charge in [-0.3, -0.25) is 4.79 Å². The molecular formula is C21H20N2O6. The molecule has 0 unspecified atom stereocenters. The fourth-order valence-corrected chi connectivity index (χ4v) is 3.01. The molecule has 0 spiro atoms. The smallest absolute Gasteiger partial charge is 0.335 e. The second kappa shape index (κ2) is 8.05. The second-order valence-corrected chi connectivity index (χ2v) is 6.16. The third kappa shape index (κ3) is 3.77. The highest BCUT2D eigenvalue weighted by Gasteiger charge is 2.12. The van der Waals surface area contributed by atoms with E-state index < -0.39 is 5.97 Å². The molecule has 0 amide bonds. The Hall–Kier alpha value is -3.81. The normalized spacial score (nSPS) is 11.1. The Morgan fingerprint density at radius 1 is 1.14 bits per heavy atom. The van der Waals surface area contributed by atoms with E-state index in [0.717, 1.165) is 0 Å². The predicted octanol–water partition coefficient (Wildman–Crippen LogP) is 3.01. The summed E-state index contributed by atoms with van der Waals surface area (Å²) in [6, 6.07) is 7.65. The Bertz CT molecular complexity index is 1150. The van der Waals surface area contributed by atoms with Crippen LogP contribution in [0.2, 0.25) is 0 Å². The van der Waals surface area contributed by atoms with E-state index in [-0.39, 0.29) is 34.1 Å². The molecule has 3 aromatic rings. The molecule has 0 bridgehead atoms. The molecule has 0 aliphatic rings. The van der Waals surface area contributed by atoms with Crippen LogP contribution in [0.15, 0.2) is 35.1 Å². The van der Waals surface area contributed by atoms with Crippen molar-refractivity contribution in [1.82, 2.24) is 9.55 Å². The first kappa shape index (κ1) is 19.9. The van der Waals surface area contributed by atoms with Crippen LogP contribution < -0.4 is 15.0 Å². The Morgan fingerprint density at radius 3 is 2.34 bits per heavy atom. The highest BCUT2D eigenvalue weighted by Crippen LogP contribution is 2.37. The molecule has 0 aliphatic heterocycles. The number of carbonyl (C=O) groups is 1. The summed E-state index contributed by atoms with van der Waals surface area (Å²) in [5.41, 5.74) is 1.55. The van der Waals surface area contributed by atoms with Crippen molar-refractivity contribution < 1.29 is 24.5 Å². The Kier molecular flexibility index (Phi) is 5.54. The maximum Gasteiger partial charge on any atom is 0.335 e. The van der Waals surface area contributed by atoms with Crippen LogP contribution in [-0.2, 0) is 6.54 Å². The number of aromatic hydroxyl groups is 1. The van der Waals surface area contributed by atoms with Crippen LogP contribution >= 0.6 is 0 Å². The van der Waals surface area contributed by atoms with E-state index in [1.54, 1.807) is 24.3 Å². The largest absolute Gasteiger partial charge is 0.502 e. The van der Waals surface area contributed by atoms with Gasteiger partial charge in [0.15, 0.2) is 11.5 Å². The number of hydrogen-bond acceptors (Lipinski definition) is 6. The monoisotopic (exact) mass is 396 g/mol. The third-order valence-electron chi connectivity index (χ3n) is 4.47. The highest BCUT2D eigenvalue weighted by molar-refractivity contribution is 5.92. The lowest BCUT2D eigenvalue weighted by molar-refractivity contribution is 0.0697. The van der Waals surface area contributed by atoms with Crippen LogP contribution in [0.3, 0.4) is 0 Å². The molecule has 3 rings (SSSR count). The number of fused-ring (bicyclic) bond motifs is 1. The molecule has 150 valence electrons. The number of aryl methyl sites for hydroxylation is 1. The van der Waals surface area contributed by atoms with Crippen molar-refractivity contribution in [3.8, 4) is 17.2 Å². The molecule has 0 fully saturated rings. The average molecular weight is 396 g/mol. The lowest BCUT2D eigenvalue weighted by Gasteiger charge is -2.10. The van der Waals surface area contributed by atoms with Gasteiger partial charge < -0.3 is 24.3 Å². The van der Waals surface area contributed by atoms with E-state index in [1.807, 2.05) is 6.92 Å². The van der Waals surface area contributed by atoms with Crippen LogP contribution in [0, 0.1) is 0 Å². The zero-order chi connectivity index (χ0) is 21.1. The van der Waals surface area contributed by atoms with E-state index in [0.29, 0.717) is 23.1 Å². The van der Waals surface area contributed by atoms with E-state index in [1.165, 1.54) is 37.0 Å². The standard InChI is InChI=1S/C21H20N2O6/c1-4-23-16-8-6-13(21(26)27)11-15(16)22-14(20(23)25)7-5-12-9-17(28-2)19(24)18(10-12)29-3/h5-11,24H,4H2,1-3H3,(H,26,27)/b7-5+. The number of benzene rings is 2. The molecule has 8 nitrogen and oxygen atoms in total. The molecule has 1 aromatic heterocycles. The molecule has 0 radical (unpaired) electrons. The molecular weight excluding hydrogens is 376 g/mol. The number of phenolic OH excluding ortho intramolecular Hbond substituents is 1. The maximum atomic E-state index is 12.8. The number of nitrogens with zero attached hydrogens (tertiary/aromatic N) is 2. The van der Waals surface area contributed by atoms with Crippen molar-refractivity contribution in [2.45, 2.75) is 13.5 Å². The fourth-order valence-electron chi connectivity index (χ4n) is 3.01. The van der Waals surface area contributed by atoms with Crippen molar-refractivity contribution in [3.05, 3.63) is 57.5 Å². The first-order chi connectivity index (χ1) is 13.9. The quantitative estimate of drug-likeness (QED) is 0.659. The number of aromatic nitrogens is 2. The second-order valence-electron chi connectivity index (χ2n) is 6.16. The van der Waals surface area contributed by atoms with Gasteiger partial charge in [0.1, 0.15) is 5.69 Å². The summed E-state index contributed by atoms with van der Waals surface area (Å²) in [7, 11) is 2.85. The number of carboxylic acids is 1. The predicted molar refractivity (Wildman–Crippen MR) is 109 cm³/mol. The molecule has 2 N–H and O–H groups in total. The zero-order valence-electron chi connectivity index (χ0n) is 16.2. The molecule has 0 saturated carbocycles. The van der Waals surface area contributed by atoms with Gasteiger partial charge in [-0.2, -0.15) is 0 Å². The Labute approximate surface area is 166 Å². The number of hydrogen-bond donors (Lipinski definition) is 2. The van der Waals surface area contributed by atoms with Gasteiger partial charge in [-0.25, -0.2) is 9.78 Å². The molecule has 2 aromatic carbocycles. The number of ether oxygens (including phenoxy) is 2.